The lowest BCUT2D eigenvalue weighted by molar-refractivity contribution is 0.427. The predicted octanol–water partition coefficient (Wildman–Crippen LogP) is 2.89. The molecule has 0 amide bonds. The van der Waals surface area contributed by atoms with Gasteiger partial charge in [-0.15, -0.1) is 0 Å². The van der Waals surface area contributed by atoms with E-state index in [1.54, 1.807) is 13.0 Å². The minimum Gasteiger partial charge on any atom is -0.507 e. The third kappa shape index (κ3) is 2.69. The summed E-state index contributed by atoms with van der Waals surface area (Å²) in [6.45, 7) is 5.77. The number of phenols is 1. The fraction of sp³-hybridized carbons (Fsp3) is 0.500. The first-order valence-electron chi connectivity index (χ1n) is 5.17. The Hall–Kier alpha value is -1.09. The van der Waals surface area contributed by atoms with E-state index in [-0.39, 0.29) is 11.3 Å². The second-order valence-corrected chi connectivity index (χ2v) is 4.36. The molecule has 2 nitrogen and oxygen atoms in total. The Morgan fingerprint density at radius 1 is 1.40 bits per heavy atom. The van der Waals surface area contributed by atoms with Crippen LogP contribution in [-0.4, -0.2) is 5.11 Å². The molecule has 15 heavy (non-hydrogen) atoms. The number of hydrogen-bond acceptors (Lipinski definition) is 2. The summed E-state index contributed by atoms with van der Waals surface area (Å²) >= 11 is 0. The van der Waals surface area contributed by atoms with Crippen LogP contribution in [0.2, 0.25) is 0 Å². The number of halogens is 1. The zero-order valence-electron chi connectivity index (χ0n) is 9.42. The topological polar surface area (TPSA) is 46.2 Å². The molecule has 0 aliphatic rings. The SMILES string of the molecule is Cc1ccc(F)c([C@@H](N)CC(C)C)c1O. The molecule has 0 bridgehead atoms. The summed E-state index contributed by atoms with van der Waals surface area (Å²) in [6, 6.07) is 2.46. The Labute approximate surface area is 89.9 Å². The van der Waals surface area contributed by atoms with E-state index in [0.29, 0.717) is 17.9 Å². The lowest BCUT2D eigenvalue weighted by Crippen LogP contribution is -2.15. The number of aryl methyl sites for hydroxylation is 1. The molecular weight excluding hydrogens is 193 g/mol. The molecule has 0 unspecified atom stereocenters. The zero-order valence-corrected chi connectivity index (χ0v) is 9.42. The molecule has 1 atom stereocenters. The number of phenolic OH excluding ortho intramolecular Hbond substituents is 1. The molecule has 84 valence electrons. The quantitative estimate of drug-likeness (QED) is 0.807. The van der Waals surface area contributed by atoms with Gasteiger partial charge in [0.2, 0.25) is 0 Å². The largest absolute Gasteiger partial charge is 0.507 e. The van der Waals surface area contributed by atoms with Crippen molar-refractivity contribution in [2.75, 3.05) is 0 Å². The molecule has 0 heterocycles. The van der Waals surface area contributed by atoms with Crippen LogP contribution in [0.5, 0.6) is 5.75 Å². The lowest BCUT2D eigenvalue weighted by Gasteiger charge is -2.17. The molecule has 3 heteroatoms. The first-order valence-corrected chi connectivity index (χ1v) is 5.17. The normalized spacial score (nSPS) is 13.2. The molecule has 0 saturated heterocycles. The van der Waals surface area contributed by atoms with Crippen LogP contribution in [0.25, 0.3) is 0 Å². The van der Waals surface area contributed by atoms with Gasteiger partial charge < -0.3 is 10.8 Å². The Morgan fingerprint density at radius 3 is 2.53 bits per heavy atom. The van der Waals surface area contributed by atoms with Gasteiger partial charge in [0.15, 0.2) is 0 Å². The molecule has 0 saturated carbocycles. The van der Waals surface area contributed by atoms with Crippen molar-refractivity contribution >= 4 is 0 Å². The van der Waals surface area contributed by atoms with Gasteiger partial charge in [-0.25, -0.2) is 4.39 Å². The standard InChI is InChI=1S/C12H18FNO/c1-7(2)6-10(14)11-9(13)5-4-8(3)12(11)15/h4-5,7,10,15H,6,14H2,1-3H3/t10-/m0/s1. The molecule has 0 aromatic heterocycles. The number of aromatic hydroxyl groups is 1. The van der Waals surface area contributed by atoms with Crippen molar-refractivity contribution in [1.82, 2.24) is 0 Å². The van der Waals surface area contributed by atoms with Crippen molar-refractivity contribution in [2.45, 2.75) is 33.2 Å². The first-order chi connectivity index (χ1) is 6.93. The fourth-order valence-corrected chi connectivity index (χ4v) is 1.67. The van der Waals surface area contributed by atoms with E-state index in [1.165, 1.54) is 6.07 Å². The maximum Gasteiger partial charge on any atom is 0.131 e. The van der Waals surface area contributed by atoms with Gasteiger partial charge in [0.25, 0.3) is 0 Å². The van der Waals surface area contributed by atoms with Crippen molar-refractivity contribution in [3.05, 3.63) is 29.1 Å². The molecular formula is C12H18FNO. The van der Waals surface area contributed by atoms with E-state index in [1.807, 2.05) is 13.8 Å². The third-order valence-corrected chi connectivity index (χ3v) is 2.46. The lowest BCUT2D eigenvalue weighted by atomic mass is 9.95. The highest BCUT2D eigenvalue weighted by atomic mass is 19.1. The summed E-state index contributed by atoms with van der Waals surface area (Å²) in [5, 5.41) is 9.74. The van der Waals surface area contributed by atoms with Crippen LogP contribution < -0.4 is 5.73 Å². The van der Waals surface area contributed by atoms with Crippen LogP contribution in [0.4, 0.5) is 4.39 Å². The molecule has 0 spiro atoms. The molecule has 0 aliphatic heterocycles. The summed E-state index contributed by atoms with van der Waals surface area (Å²) < 4.78 is 13.5. The predicted molar refractivity (Wildman–Crippen MR) is 59.2 cm³/mol. The van der Waals surface area contributed by atoms with Crippen LogP contribution in [-0.2, 0) is 0 Å². The molecule has 1 aromatic carbocycles. The molecule has 0 radical (unpaired) electrons. The Balaban J connectivity index is 3.07. The van der Waals surface area contributed by atoms with Crippen LogP contribution >= 0.6 is 0 Å². The second kappa shape index (κ2) is 4.62. The van der Waals surface area contributed by atoms with Crippen LogP contribution in [0.15, 0.2) is 12.1 Å². The number of rotatable bonds is 3. The summed E-state index contributed by atoms with van der Waals surface area (Å²) in [5.41, 5.74) is 6.76. The highest BCUT2D eigenvalue weighted by Gasteiger charge is 2.18. The van der Waals surface area contributed by atoms with E-state index in [4.69, 9.17) is 5.73 Å². The van der Waals surface area contributed by atoms with E-state index >= 15 is 0 Å². The van der Waals surface area contributed by atoms with Gasteiger partial charge in [-0.2, -0.15) is 0 Å². The smallest absolute Gasteiger partial charge is 0.131 e. The van der Waals surface area contributed by atoms with Gasteiger partial charge in [0.1, 0.15) is 11.6 Å². The second-order valence-electron chi connectivity index (χ2n) is 4.36. The van der Waals surface area contributed by atoms with Crippen LogP contribution in [0.1, 0.15) is 37.4 Å². The minimum absolute atomic E-state index is 0.0110. The molecule has 1 aromatic rings. The number of nitrogens with two attached hydrogens (primary N) is 1. The van der Waals surface area contributed by atoms with Crippen LogP contribution in [0.3, 0.4) is 0 Å². The van der Waals surface area contributed by atoms with Gasteiger partial charge in [0.05, 0.1) is 0 Å². The van der Waals surface area contributed by atoms with Gasteiger partial charge in [-0.3, -0.25) is 0 Å². The van der Waals surface area contributed by atoms with E-state index in [0.717, 1.165) is 0 Å². The van der Waals surface area contributed by atoms with Crippen molar-refractivity contribution in [1.29, 1.82) is 0 Å². The van der Waals surface area contributed by atoms with Crippen molar-refractivity contribution in [2.24, 2.45) is 11.7 Å². The third-order valence-electron chi connectivity index (χ3n) is 2.46. The van der Waals surface area contributed by atoms with Crippen LogP contribution in [0, 0.1) is 18.7 Å². The van der Waals surface area contributed by atoms with E-state index in [2.05, 4.69) is 0 Å². The number of benzene rings is 1. The highest BCUT2D eigenvalue weighted by molar-refractivity contribution is 5.42. The first kappa shape index (κ1) is 12.0. The van der Waals surface area contributed by atoms with Crippen molar-refractivity contribution < 1.29 is 9.50 Å². The summed E-state index contributed by atoms with van der Waals surface area (Å²) in [7, 11) is 0. The van der Waals surface area contributed by atoms with E-state index < -0.39 is 11.9 Å². The summed E-state index contributed by atoms with van der Waals surface area (Å²) in [4.78, 5) is 0. The molecule has 0 aliphatic carbocycles. The van der Waals surface area contributed by atoms with E-state index in [9.17, 15) is 9.50 Å². The average molecular weight is 211 g/mol. The number of hydrogen-bond donors (Lipinski definition) is 2. The molecule has 1 rings (SSSR count). The average Bonchev–Trinajstić information content (AvgIpc) is 2.11. The van der Waals surface area contributed by atoms with Crippen molar-refractivity contribution in [3.63, 3.8) is 0 Å². The van der Waals surface area contributed by atoms with Crippen molar-refractivity contribution in [3.8, 4) is 5.75 Å². The maximum absolute atomic E-state index is 13.5. The summed E-state index contributed by atoms with van der Waals surface area (Å²) in [5.74, 6) is -0.0614. The zero-order chi connectivity index (χ0) is 11.6. The van der Waals surface area contributed by atoms with Gasteiger partial charge in [-0.05, 0) is 30.9 Å². The minimum atomic E-state index is -0.440. The monoisotopic (exact) mass is 211 g/mol. The fourth-order valence-electron chi connectivity index (χ4n) is 1.67. The summed E-state index contributed by atoms with van der Waals surface area (Å²) in [6.07, 6.45) is 0.661. The Morgan fingerprint density at radius 2 is 2.00 bits per heavy atom. The molecule has 3 N–H and O–H groups in total. The maximum atomic E-state index is 13.5. The van der Waals surface area contributed by atoms with Gasteiger partial charge in [0, 0.05) is 11.6 Å². The van der Waals surface area contributed by atoms with Gasteiger partial charge in [-0.1, -0.05) is 19.9 Å². The highest BCUT2D eigenvalue weighted by Crippen LogP contribution is 2.31. The Bertz CT molecular complexity index is 350. The molecule has 0 fully saturated rings. The van der Waals surface area contributed by atoms with Gasteiger partial charge >= 0.3 is 0 Å². The Kier molecular flexibility index (Phi) is 3.69.